The summed E-state index contributed by atoms with van der Waals surface area (Å²) in [6.07, 6.45) is 1.20. The van der Waals surface area contributed by atoms with Crippen molar-refractivity contribution in [1.82, 2.24) is 10.7 Å². The predicted octanol–water partition coefficient (Wildman–Crippen LogP) is 3.62. The molecule has 3 N–H and O–H groups in total. The number of hydrogen-bond acceptors (Lipinski definition) is 6. The van der Waals surface area contributed by atoms with E-state index in [0.29, 0.717) is 29.4 Å². The highest BCUT2D eigenvalue weighted by molar-refractivity contribution is 6.30. The van der Waals surface area contributed by atoms with Gasteiger partial charge in [0.05, 0.1) is 11.7 Å². The van der Waals surface area contributed by atoms with E-state index in [4.69, 9.17) is 21.1 Å². The molecule has 1 aliphatic rings. The summed E-state index contributed by atoms with van der Waals surface area (Å²) in [7, 11) is 3.58. The molecule has 0 saturated carbocycles. The number of rotatable bonds is 8. The molecular weight excluding hydrogens is 456 g/mol. The van der Waals surface area contributed by atoms with Gasteiger partial charge in [0.2, 0.25) is 19.1 Å². The molecule has 0 saturated heterocycles. The van der Waals surface area contributed by atoms with E-state index in [2.05, 4.69) is 16.2 Å². The molecule has 178 valence electrons. The second-order valence-corrected chi connectivity index (χ2v) is 7.80. The van der Waals surface area contributed by atoms with Crippen LogP contribution in [-0.2, 0) is 16.0 Å². The average molecular weight is 483 g/mol. The molecule has 3 aromatic rings. The maximum Gasteiger partial charge on any atom is 0.244 e. The zero-order valence-corrected chi connectivity index (χ0v) is 19.7. The highest BCUT2D eigenvalue weighted by atomic mass is 35.5. The summed E-state index contributed by atoms with van der Waals surface area (Å²) in [4.78, 5) is 24.3. The van der Waals surface area contributed by atoms with E-state index in [1.807, 2.05) is 48.5 Å². The van der Waals surface area contributed by atoms with Crippen LogP contribution in [0.15, 0.2) is 72.8 Å². The molecule has 8 nitrogen and oxygen atoms in total. The number of carbonyl (C=O) groups excluding carboxylic acids is 2. The lowest BCUT2D eigenvalue weighted by molar-refractivity contribution is -0.120. The van der Waals surface area contributed by atoms with Crippen molar-refractivity contribution in [2.45, 2.75) is 12.5 Å². The number of nitrogens with one attached hydrogen (secondary N) is 3. The molecule has 9 heteroatoms. The van der Waals surface area contributed by atoms with E-state index in [1.54, 1.807) is 43.3 Å². The molecule has 0 spiro atoms. The zero-order chi connectivity index (χ0) is 24.3. The molecule has 34 heavy (non-hydrogen) atoms. The molecule has 1 heterocycles. The van der Waals surface area contributed by atoms with Crippen molar-refractivity contribution in [3.05, 3.63) is 83.4 Å². The highest BCUT2D eigenvalue weighted by Gasteiger charge is 2.23. The summed E-state index contributed by atoms with van der Waals surface area (Å²) >= 11 is 5.67. The first-order valence-corrected chi connectivity index (χ1v) is 11.0. The first-order valence-electron chi connectivity index (χ1n) is 10.6. The van der Waals surface area contributed by atoms with Gasteiger partial charge in [0.15, 0.2) is 11.5 Å². The molecule has 1 unspecified atom stereocenters. The number of fused-ring (bicyclic) bond motifs is 1. The lowest BCUT2D eigenvalue weighted by atomic mass is 10.0. The Morgan fingerprint density at radius 1 is 1.06 bits per heavy atom. The van der Waals surface area contributed by atoms with Crippen LogP contribution < -0.4 is 30.5 Å². The molecule has 4 rings (SSSR count). The number of ether oxygens (including phenoxy) is 2. The summed E-state index contributed by atoms with van der Waals surface area (Å²) < 4.78 is 10.7. The number of amides is 2. The van der Waals surface area contributed by atoms with E-state index in [0.717, 1.165) is 16.9 Å². The fourth-order valence-corrected chi connectivity index (χ4v) is 3.49. The average Bonchev–Trinajstić information content (AvgIpc) is 3.34. The van der Waals surface area contributed by atoms with Gasteiger partial charge >= 0.3 is 0 Å². The van der Waals surface area contributed by atoms with Crippen LogP contribution in [0, 0.1) is 0 Å². The molecule has 0 aliphatic carbocycles. The number of hydrogen-bond donors (Lipinski definition) is 3. The summed E-state index contributed by atoms with van der Waals surface area (Å²) in [5.74, 6) is 1.39. The van der Waals surface area contributed by atoms with Gasteiger partial charge in [0.25, 0.3) is 0 Å². The minimum Gasteiger partial charge on any atom is -0.454 e. The molecule has 0 fully saturated rings. The van der Waals surface area contributed by atoms with Crippen molar-refractivity contribution in [3.8, 4) is 11.5 Å². The summed E-state index contributed by atoms with van der Waals surface area (Å²) in [5, 5.41) is 3.73. The monoisotopic (exact) mass is 482 g/mol. The highest BCUT2D eigenvalue weighted by Crippen LogP contribution is 2.35. The Morgan fingerprint density at radius 3 is 2.53 bits per heavy atom. The van der Waals surface area contributed by atoms with Crippen LogP contribution >= 0.6 is 11.6 Å². The molecular formula is C25H27ClN4O4. The third kappa shape index (κ3) is 6.87. The maximum absolute atomic E-state index is 12.8. The lowest BCUT2D eigenvalue weighted by Crippen LogP contribution is -2.45. The molecule has 2 amide bonds. The first kappa shape index (κ1) is 24.9. The van der Waals surface area contributed by atoms with Gasteiger partial charge in [-0.2, -0.15) is 0 Å². The molecule has 0 bridgehead atoms. The number of halogens is 1. The Kier molecular flexibility index (Phi) is 9.13. The Bertz CT molecular complexity index is 1100. The van der Waals surface area contributed by atoms with Crippen molar-refractivity contribution in [3.63, 3.8) is 0 Å². The second-order valence-electron chi connectivity index (χ2n) is 7.36. The molecule has 1 atom stereocenters. The predicted molar refractivity (Wildman–Crippen MR) is 133 cm³/mol. The summed E-state index contributed by atoms with van der Waals surface area (Å²) in [5.41, 5.74) is 7.60. The smallest absolute Gasteiger partial charge is 0.244 e. The Labute approximate surface area is 203 Å². The first-order chi connectivity index (χ1) is 16.5. The Hall–Kier alpha value is -3.75. The van der Waals surface area contributed by atoms with Gasteiger partial charge in [-0.3, -0.25) is 20.4 Å². The minimum atomic E-state index is -0.284. The van der Waals surface area contributed by atoms with Crippen LogP contribution in [0.4, 0.5) is 11.4 Å². The van der Waals surface area contributed by atoms with Crippen molar-refractivity contribution in [2.75, 3.05) is 31.2 Å². The number of hydrazine groups is 1. The fraction of sp³-hybridized carbons (Fsp3) is 0.200. The van der Waals surface area contributed by atoms with E-state index in [-0.39, 0.29) is 18.7 Å². The SMILES string of the molecule is CNC(Cc1ccccc1)C(=O)N(C)c1ccc2c(c1)OCO2.O=CNNc1cccc(Cl)c1. The quantitative estimate of drug-likeness (QED) is 0.335. The van der Waals surface area contributed by atoms with E-state index in [1.165, 1.54) is 0 Å². The number of likely N-dealkylation sites (N-methyl/N-ethyl adjacent to an activating group) is 2. The van der Waals surface area contributed by atoms with Crippen LogP contribution in [0.1, 0.15) is 5.56 Å². The minimum absolute atomic E-state index is 0.00946. The van der Waals surface area contributed by atoms with Crippen LogP contribution in [0.3, 0.4) is 0 Å². The van der Waals surface area contributed by atoms with Crippen LogP contribution in [0.5, 0.6) is 11.5 Å². The summed E-state index contributed by atoms with van der Waals surface area (Å²) in [6.45, 7) is 0.226. The van der Waals surface area contributed by atoms with Crippen molar-refractivity contribution in [2.24, 2.45) is 0 Å². The number of nitrogens with zero attached hydrogens (tertiary/aromatic N) is 1. The van der Waals surface area contributed by atoms with Crippen molar-refractivity contribution in [1.29, 1.82) is 0 Å². The molecule has 0 radical (unpaired) electrons. The van der Waals surface area contributed by atoms with Gasteiger partial charge in [-0.1, -0.05) is 48.0 Å². The fourth-order valence-electron chi connectivity index (χ4n) is 3.30. The van der Waals surface area contributed by atoms with Gasteiger partial charge in [0, 0.05) is 23.8 Å². The third-order valence-corrected chi connectivity index (χ3v) is 5.34. The third-order valence-electron chi connectivity index (χ3n) is 5.10. The number of benzene rings is 3. The maximum atomic E-state index is 12.8. The molecule has 3 aromatic carbocycles. The van der Waals surface area contributed by atoms with Gasteiger partial charge < -0.3 is 19.7 Å². The van der Waals surface area contributed by atoms with Crippen molar-refractivity contribution >= 4 is 35.3 Å². The van der Waals surface area contributed by atoms with E-state index >= 15 is 0 Å². The largest absolute Gasteiger partial charge is 0.454 e. The van der Waals surface area contributed by atoms with Gasteiger partial charge in [-0.05, 0) is 49.4 Å². The standard InChI is InChI=1S/C18H20N2O3.C7H7ClN2O/c1-19-15(10-13-6-4-3-5-7-13)18(21)20(2)14-8-9-16-17(11-14)23-12-22-16;8-6-2-1-3-7(4-6)10-9-5-11/h3-9,11,15,19H,10,12H2,1-2H3;1-5,10H,(H,9,11). The van der Waals surface area contributed by atoms with Crippen LogP contribution in [0.25, 0.3) is 0 Å². The normalized spacial score (nSPS) is 12.1. The Morgan fingerprint density at radius 2 is 1.82 bits per heavy atom. The zero-order valence-electron chi connectivity index (χ0n) is 19.0. The van der Waals surface area contributed by atoms with Gasteiger partial charge in [-0.25, -0.2) is 0 Å². The second kappa shape index (κ2) is 12.5. The van der Waals surface area contributed by atoms with Crippen LogP contribution in [0.2, 0.25) is 5.02 Å². The van der Waals surface area contributed by atoms with E-state index < -0.39 is 0 Å². The number of anilines is 2. The molecule has 0 aromatic heterocycles. The topological polar surface area (TPSA) is 91.9 Å². The number of carbonyl (C=O) groups is 2. The summed E-state index contributed by atoms with van der Waals surface area (Å²) in [6, 6.07) is 22.3. The van der Waals surface area contributed by atoms with Gasteiger partial charge in [-0.15, -0.1) is 0 Å². The van der Waals surface area contributed by atoms with Crippen molar-refractivity contribution < 1.29 is 19.1 Å². The molecule has 1 aliphatic heterocycles. The van der Waals surface area contributed by atoms with Crippen LogP contribution in [-0.4, -0.2) is 39.2 Å². The van der Waals surface area contributed by atoms with E-state index in [9.17, 15) is 9.59 Å². The van der Waals surface area contributed by atoms with Gasteiger partial charge in [0.1, 0.15) is 0 Å². The lowest BCUT2D eigenvalue weighted by Gasteiger charge is -2.24. The Balaban J connectivity index is 0.000000248.